The second kappa shape index (κ2) is 13.4. The molecule has 182 valence electrons. The fraction of sp³-hybridized carbons (Fsp3) is 0.500. The van der Waals surface area contributed by atoms with Crippen molar-refractivity contribution < 1.29 is 4.70 Å². The van der Waals surface area contributed by atoms with Gasteiger partial charge in [-0.2, -0.15) is 0 Å². The molecule has 1 aliphatic rings. The van der Waals surface area contributed by atoms with Crippen LogP contribution in [0.15, 0.2) is 48.6 Å². The highest BCUT2D eigenvalue weighted by Crippen LogP contribution is 2.33. The first-order chi connectivity index (χ1) is 16.6. The zero-order valence-corrected chi connectivity index (χ0v) is 22.0. The van der Waals surface area contributed by atoms with Crippen LogP contribution in [-0.2, 0) is 25.7 Å². The molecule has 2 aromatic rings. The van der Waals surface area contributed by atoms with Gasteiger partial charge in [-0.25, -0.2) is 4.70 Å². The summed E-state index contributed by atoms with van der Waals surface area (Å²) in [6, 6.07) is 13.9. The van der Waals surface area contributed by atoms with Crippen LogP contribution >= 0.6 is 0 Å². The molecule has 0 N–H and O–H groups in total. The van der Waals surface area contributed by atoms with Crippen LogP contribution in [0.2, 0.25) is 0 Å². The van der Waals surface area contributed by atoms with Gasteiger partial charge in [0.15, 0.2) is 0 Å². The van der Waals surface area contributed by atoms with Gasteiger partial charge in [0.2, 0.25) is 11.4 Å². The Morgan fingerprint density at radius 1 is 0.500 bits per heavy atom. The SMILES string of the molecule is CCCCc1cc(CCCC)cc(C2=CC=C(c3cc(CCCC)cc(CCCC)c3)[N+]2=[N-])c1. The molecule has 0 unspecified atom stereocenters. The maximum atomic E-state index is 11.3. The molecule has 0 aliphatic carbocycles. The van der Waals surface area contributed by atoms with Crippen LogP contribution in [0, 0.1) is 0 Å². The third-order valence-electron chi connectivity index (χ3n) is 6.83. The van der Waals surface area contributed by atoms with Crippen LogP contribution in [0.5, 0.6) is 0 Å². The number of allylic oxidation sites excluding steroid dienone is 2. The monoisotopic (exact) mass is 456 g/mol. The molecule has 2 aromatic carbocycles. The Morgan fingerprint density at radius 3 is 1.06 bits per heavy atom. The molecule has 0 amide bonds. The number of nitrogens with zero attached hydrogens (tertiary/aromatic N) is 2. The van der Waals surface area contributed by atoms with E-state index < -0.39 is 0 Å². The van der Waals surface area contributed by atoms with Gasteiger partial charge in [-0.15, -0.1) is 0 Å². The molecule has 3 rings (SSSR count). The van der Waals surface area contributed by atoms with Gasteiger partial charge in [-0.05, 0) is 97.9 Å². The lowest BCUT2D eigenvalue weighted by Crippen LogP contribution is -2.04. The van der Waals surface area contributed by atoms with Crippen molar-refractivity contribution in [1.82, 2.24) is 0 Å². The molecular weight excluding hydrogens is 412 g/mol. The summed E-state index contributed by atoms with van der Waals surface area (Å²) in [5, 5.41) is 0. The fourth-order valence-corrected chi connectivity index (χ4v) is 4.79. The summed E-state index contributed by atoms with van der Waals surface area (Å²) >= 11 is 0. The highest BCUT2D eigenvalue weighted by atomic mass is 15.2. The Kier molecular flexibility index (Phi) is 10.3. The molecule has 2 nitrogen and oxygen atoms in total. The van der Waals surface area contributed by atoms with Crippen molar-refractivity contribution in [1.29, 1.82) is 0 Å². The van der Waals surface area contributed by atoms with Crippen molar-refractivity contribution in [3.05, 3.63) is 87.5 Å². The first kappa shape index (κ1) is 26.1. The van der Waals surface area contributed by atoms with E-state index in [-0.39, 0.29) is 0 Å². The van der Waals surface area contributed by atoms with Gasteiger partial charge in [0.25, 0.3) is 0 Å². The van der Waals surface area contributed by atoms with Crippen LogP contribution in [-0.4, -0.2) is 4.70 Å². The molecule has 0 aromatic heterocycles. The normalized spacial score (nSPS) is 13.4. The molecule has 0 bridgehead atoms. The van der Waals surface area contributed by atoms with Crippen molar-refractivity contribution >= 4 is 11.4 Å². The van der Waals surface area contributed by atoms with Gasteiger partial charge in [0.05, 0.1) is 0 Å². The molecule has 0 atom stereocenters. The predicted octanol–water partition coefficient (Wildman–Crippen LogP) is 9.49. The number of hydrogen-bond donors (Lipinski definition) is 0. The Bertz CT molecular complexity index is 891. The Labute approximate surface area is 208 Å². The zero-order chi connectivity index (χ0) is 24.3. The summed E-state index contributed by atoms with van der Waals surface area (Å²) in [5.41, 5.74) is 20.9. The van der Waals surface area contributed by atoms with Crippen molar-refractivity contribution in [2.75, 3.05) is 0 Å². The quantitative estimate of drug-likeness (QED) is 0.253. The molecule has 0 radical (unpaired) electrons. The van der Waals surface area contributed by atoms with Crippen molar-refractivity contribution in [2.45, 2.75) is 105 Å². The number of benzene rings is 2. The lowest BCUT2D eigenvalue weighted by Gasteiger charge is -2.14. The highest BCUT2D eigenvalue weighted by Gasteiger charge is 2.24. The van der Waals surface area contributed by atoms with Gasteiger partial charge in [0.1, 0.15) is 0 Å². The smallest absolute Gasteiger partial charge is 0.207 e. The van der Waals surface area contributed by atoms with Crippen molar-refractivity contribution in [3.8, 4) is 0 Å². The number of unbranched alkanes of at least 4 members (excludes halogenated alkanes) is 4. The van der Waals surface area contributed by atoms with E-state index in [0.29, 0.717) is 0 Å². The van der Waals surface area contributed by atoms with E-state index >= 15 is 0 Å². The van der Waals surface area contributed by atoms with Crippen molar-refractivity contribution in [2.24, 2.45) is 0 Å². The van der Waals surface area contributed by atoms with Crippen molar-refractivity contribution in [3.63, 3.8) is 0 Å². The maximum Gasteiger partial charge on any atom is 0.207 e. The van der Waals surface area contributed by atoms with E-state index in [9.17, 15) is 5.53 Å². The third kappa shape index (κ3) is 7.01. The molecule has 0 spiro atoms. The minimum Gasteiger partial charge on any atom is -0.493 e. The summed E-state index contributed by atoms with van der Waals surface area (Å²) in [7, 11) is 0. The molecule has 1 heterocycles. The Hall–Kier alpha value is -2.48. The third-order valence-corrected chi connectivity index (χ3v) is 6.83. The van der Waals surface area contributed by atoms with E-state index in [0.717, 1.165) is 48.2 Å². The van der Waals surface area contributed by atoms with Gasteiger partial charge in [-0.3, -0.25) is 0 Å². The number of rotatable bonds is 14. The standard InChI is InChI=1S/C32H44N2/c1-5-9-13-25-19-26(14-10-6-2)22-29(21-25)31-17-18-32(34(31)33)30-23-27(15-11-7-3)20-28(24-30)16-12-8-4/h17-24H,5-16H2,1-4H3. The van der Waals surface area contributed by atoms with E-state index in [2.05, 4.69) is 76.2 Å². The topological polar surface area (TPSA) is 25.3 Å². The number of hydrogen-bond acceptors (Lipinski definition) is 0. The Balaban J connectivity index is 1.88. The second-order valence-electron chi connectivity index (χ2n) is 9.91. The van der Waals surface area contributed by atoms with Gasteiger partial charge in [0, 0.05) is 23.3 Å². The van der Waals surface area contributed by atoms with Crippen LogP contribution in [0.3, 0.4) is 0 Å². The average Bonchev–Trinajstić information content (AvgIpc) is 3.24. The van der Waals surface area contributed by atoms with Crippen LogP contribution < -0.4 is 0 Å². The van der Waals surface area contributed by atoms with Crippen LogP contribution in [0.25, 0.3) is 16.9 Å². The second-order valence-corrected chi connectivity index (χ2v) is 9.91. The van der Waals surface area contributed by atoms with E-state index in [1.54, 1.807) is 0 Å². The minimum atomic E-state index is 0.889. The van der Waals surface area contributed by atoms with E-state index in [4.69, 9.17) is 0 Å². The molecule has 1 aliphatic heterocycles. The van der Waals surface area contributed by atoms with Gasteiger partial charge < -0.3 is 5.53 Å². The maximum absolute atomic E-state index is 11.3. The van der Waals surface area contributed by atoms with E-state index in [1.807, 2.05) is 0 Å². The summed E-state index contributed by atoms with van der Waals surface area (Å²) in [6.45, 7) is 8.99. The molecule has 34 heavy (non-hydrogen) atoms. The molecule has 0 saturated carbocycles. The summed E-state index contributed by atoms with van der Waals surface area (Å²) < 4.78 is 1.42. The lowest BCUT2D eigenvalue weighted by molar-refractivity contribution is -0.344. The highest BCUT2D eigenvalue weighted by molar-refractivity contribution is 5.75. The zero-order valence-electron chi connectivity index (χ0n) is 22.0. The van der Waals surface area contributed by atoms with Gasteiger partial charge in [-0.1, -0.05) is 65.5 Å². The fourth-order valence-electron chi connectivity index (χ4n) is 4.79. The minimum absolute atomic E-state index is 0.889. The Morgan fingerprint density at radius 2 is 0.794 bits per heavy atom. The molecule has 2 heteroatoms. The van der Waals surface area contributed by atoms with Crippen LogP contribution in [0.1, 0.15) is 112 Å². The summed E-state index contributed by atoms with van der Waals surface area (Å²) in [6.07, 6.45) is 18.2. The predicted molar refractivity (Wildman–Crippen MR) is 147 cm³/mol. The molecule has 0 fully saturated rings. The first-order valence-corrected chi connectivity index (χ1v) is 13.8. The molecule has 0 saturated heterocycles. The summed E-state index contributed by atoms with van der Waals surface area (Å²) in [4.78, 5) is 0. The van der Waals surface area contributed by atoms with Gasteiger partial charge >= 0.3 is 0 Å². The lowest BCUT2D eigenvalue weighted by atomic mass is 9.97. The first-order valence-electron chi connectivity index (χ1n) is 13.8. The average molecular weight is 457 g/mol. The van der Waals surface area contributed by atoms with Crippen LogP contribution in [0.4, 0.5) is 0 Å². The summed E-state index contributed by atoms with van der Waals surface area (Å²) in [5.74, 6) is 0. The number of aryl methyl sites for hydroxylation is 4. The van der Waals surface area contributed by atoms with E-state index in [1.165, 1.54) is 78.3 Å². The largest absolute Gasteiger partial charge is 0.493 e. The molecular formula is C32H44N2.